The van der Waals surface area contributed by atoms with Crippen molar-refractivity contribution >= 4 is 40.7 Å². The minimum absolute atomic E-state index is 0.0473. The molecule has 0 aliphatic rings. The van der Waals surface area contributed by atoms with Gasteiger partial charge < -0.3 is 10.6 Å². The van der Waals surface area contributed by atoms with Crippen LogP contribution in [-0.2, 0) is 6.42 Å². The van der Waals surface area contributed by atoms with Crippen molar-refractivity contribution in [3.8, 4) is 0 Å². The molecule has 0 aliphatic carbocycles. The van der Waals surface area contributed by atoms with Gasteiger partial charge in [0, 0.05) is 17.3 Å². The number of amides is 2. The number of carbonyl (C=O) groups excluding carboxylic acids is 2. The van der Waals surface area contributed by atoms with E-state index < -0.39 is 0 Å². The largest absolute Gasteiger partial charge is 0.349 e. The van der Waals surface area contributed by atoms with Crippen LogP contribution in [0.3, 0.4) is 0 Å². The predicted octanol–water partition coefficient (Wildman–Crippen LogP) is 6.22. The summed E-state index contributed by atoms with van der Waals surface area (Å²) in [4.78, 5) is 25.2. The van der Waals surface area contributed by atoms with Gasteiger partial charge in [-0.2, -0.15) is 0 Å². The summed E-state index contributed by atoms with van der Waals surface area (Å²) in [5, 5.41) is 6.48. The molecule has 2 N–H and O–H groups in total. The molecule has 160 valence electrons. The molecule has 3 aromatic rings. The van der Waals surface area contributed by atoms with E-state index in [4.69, 9.17) is 23.2 Å². The van der Waals surface area contributed by atoms with E-state index in [-0.39, 0.29) is 23.4 Å². The highest BCUT2D eigenvalue weighted by atomic mass is 35.5. The number of halogens is 2. The Balaban J connectivity index is 1.61. The van der Waals surface area contributed by atoms with E-state index in [0.29, 0.717) is 22.2 Å². The lowest BCUT2D eigenvalue weighted by Crippen LogP contribution is -2.34. The molecule has 0 radical (unpaired) electrons. The summed E-state index contributed by atoms with van der Waals surface area (Å²) >= 11 is 12.2. The molecule has 0 heterocycles. The van der Waals surface area contributed by atoms with E-state index in [9.17, 15) is 9.59 Å². The van der Waals surface area contributed by atoms with Gasteiger partial charge in [0.15, 0.2) is 0 Å². The molecule has 0 saturated heterocycles. The molecule has 0 saturated carbocycles. The van der Waals surface area contributed by atoms with Gasteiger partial charge in [-0.25, -0.2) is 0 Å². The fourth-order valence-corrected chi connectivity index (χ4v) is 4.07. The average molecular weight is 455 g/mol. The minimum atomic E-state index is -0.363. The Hall–Kier alpha value is -2.82. The van der Waals surface area contributed by atoms with Crippen LogP contribution in [0.2, 0.25) is 10.0 Å². The van der Waals surface area contributed by atoms with Crippen molar-refractivity contribution in [3.63, 3.8) is 0 Å². The Morgan fingerprint density at radius 1 is 0.806 bits per heavy atom. The van der Waals surface area contributed by atoms with Crippen molar-refractivity contribution in [2.24, 2.45) is 0 Å². The average Bonchev–Trinajstić information content (AvgIpc) is 2.69. The summed E-state index contributed by atoms with van der Waals surface area (Å²) in [5.41, 5.74) is 4.58. The van der Waals surface area contributed by atoms with Crippen LogP contribution in [0.25, 0.3) is 0 Å². The summed E-state index contributed by atoms with van der Waals surface area (Å²) in [6.45, 7) is 5.85. The van der Waals surface area contributed by atoms with E-state index in [1.807, 2.05) is 63.2 Å². The number of nitrogens with one attached hydrogen (secondary N) is 2. The Kier molecular flexibility index (Phi) is 7.37. The number of carbonyl (C=O) groups is 2. The Morgan fingerprint density at radius 3 is 1.94 bits per heavy atom. The van der Waals surface area contributed by atoms with Crippen molar-refractivity contribution < 1.29 is 9.59 Å². The second-order valence-corrected chi connectivity index (χ2v) is 8.41. The van der Waals surface area contributed by atoms with Crippen LogP contribution in [0.15, 0.2) is 60.7 Å². The summed E-state index contributed by atoms with van der Waals surface area (Å²) in [5.74, 6) is -0.429. The molecule has 3 rings (SSSR count). The van der Waals surface area contributed by atoms with E-state index in [1.54, 1.807) is 18.2 Å². The quantitative estimate of drug-likeness (QED) is 0.463. The van der Waals surface area contributed by atoms with Gasteiger partial charge in [0.1, 0.15) is 0 Å². The van der Waals surface area contributed by atoms with E-state index >= 15 is 0 Å². The van der Waals surface area contributed by atoms with Crippen LogP contribution in [-0.4, -0.2) is 17.9 Å². The molecule has 3 aromatic carbocycles. The summed E-state index contributed by atoms with van der Waals surface area (Å²) < 4.78 is 0. The van der Waals surface area contributed by atoms with Crippen LogP contribution in [0, 0.1) is 13.8 Å². The molecule has 4 nitrogen and oxygen atoms in total. The lowest BCUT2D eigenvalue weighted by atomic mass is 10.0. The number of rotatable bonds is 6. The molecule has 0 aliphatic heterocycles. The Morgan fingerprint density at radius 2 is 1.35 bits per heavy atom. The second kappa shape index (κ2) is 9.99. The highest BCUT2D eigenvalue weighted by Crippen LogP contribution is 2.25. The molecule has 0 aromatic heterocycles. The van der Waals surface area contributed by atoms with Gasteiger partial charge in [0.05, 0.1) is 15.6 Å². The van der Waals surface area contributed by atoms with Crippen LogP contribution in [0.4, 0.5) is 5.69 Å². The van der Waals surface area contributed by atoms with E-state index in [0.717, 1.165) is 22.3 Å². The molecule has 1 unspecified atom stereocenters. The van der Waals surface area contributed by atoms with Crippen LogP contribution in [0.5, 0.6) is 0 Å². The smallest absolute Gasteiger partial charge is 0.258 e. The van der Waals surface area contributed by atoms with Gasteiger partial charge in [0.2, 0.25) is 0 Å². The highest BCUT2D eigenvalue weighted by Gasteiger charge is 2.16. The lowest BCUT2D eigenvalue weighted by Gasteiger charge is -2.16. The third-order valence-corrected chi connectivity index (χ3v) is 5.66. The topological polar surface area (TPSA) is 58.2 Å². The molecule has 0 bridgehead atoms. The first-order chi connectivity index (χ1) is 14.8. The van der Waals surface area contributed by atoms with E-state index in [2.05, 4.69) is 10.6 Å². The van der Waals surface area contributed by atoms with Gasteiger partial charge in [-0.3, -0.25) is 9.59 Å². The standard InChI is InChI=1S/C25H24Cl2N2O2/c1-15-6-4-7-16(2)22(15)24(30)28-17(3)14-18-10-12-19(13-11-18)29-25(31)23-20(26)8-5-9-21(23)27/h4-13,17H,14H2,1-3H3,(H,28,30)(H,29,31). The lowest BCUT2D eigenvalue weighted by molar-refractivity contribution is 0.0938. The summed E-state index contributed by atoms with van der Waals surface area (Å²) in [7, 11) is 0. The number of hydrogen-bond donors (Lipinski definition) is 2. The summed E-state index contributed by atoms with van der Waals surface area (Å²) in [6.07, 6.45) is 0.668. The monoisotopic (exact) mass is 454 g/mol. The molecule has 2 amide bonds. The molecule has 0 spiro atoms. The maximum Gasteiger partial charge on any atom is 0.258 e. The second-order valence-electron chi connectivity index (χ2n) is 7.59. The van der Waals surface area contributed by atoms with Gasteiger partial charge >= 0.3 is 0 Å². The van der Waals surface area contributed by atoms with Gasteiger partial charge in [0.25, 0.3) is 11.8 Å². The van der Waals surface area contributed by atoms with Crippen LogP contribution in [0.1, 0.15) is 44.3 Å². The zero-order valence-electron chi connectivity index (χ0n) is 17.6. The first-order valence-corrected chi connectivity index (χ1v) is 10.7. The zero-order chi connectivity index (χ0) is 22.5. The normalized spacial score (nSPS) is 11.6. The number of anilines is 1. The van der Waals surface area contributed by atoms with Crippen molar-refractivity contribution in [1.29, 1.82) is 0 Å². The Labute approximate surface area is 192 Å². The van der Waals surface area contributed by atoms with Crippen molar-refractivity contribution in [3.05, 3.63) is 98.5 Å². The summed E-state index contributed by atoms with van der Waals surface area (Å²) in [6, 6.07) is 18.2. The van der Waals surface area contributed by atoms with Crippen LogP contribution < -0.4 is 10.6 Å². The third kappa shape index (κ3) is 5.66. The molecular weight excluding hydrogens is 431 g/mol. The molecule has 0 fully saturated rings. The molecular formula is C25H24Cl2N2O2. The van der Waals surface area contributed by atoms with Crippen molar-refractivity contribution in [2.75, 3.05) is 5.32 Å². The zero-order valence-corrected chi connectivity index (χ0v) is 19.1. The van der Waals surface area contributed by atoms with Gasteiger partial charge in [-0.15, -0.1) is 0 Å². The fraction of sp³-hybridized carbons (Fsp3) is 0.200. The molecule has 6 heteroatoms. The molecule has 1 atom stereocenters. The first-order valence-electron chi connectivity index (χ1n) is 9.97. The number of hydrogen-bond acceptors (Lipinski definition) is 2. The third-order valence-electron chi connectivity index (χ3n) is 5.03. The SMILES string of the molecule is Cc1cccc(C)c1C(=O)NC(C)Cc1ccc(NC(=O)c2c(Cl)cccc2Cl)cc1. The van der Waals surface area contributed by atoms with Gasteiger partial charge in [-0.05, 0) is 68.1 Å². The number of aryl methyl sites for hydroxylation is 2. The molecule has 31 heavy (non-hydrogen) atoms. The van der Waals surface area contributed by atoms with Crippen LogP contribution >= 0.6 is 23.2 Å². The van der Waals surface area contributed by atoms with Gasteiger partial charge in [-0.1, -0.05) is 59.6 Å². The fourth-order valence-electron chi connectivity index (χ4n) is 3.51. The Bertz CT molecular complexity index is 1070. The van der Waals surface area contributed by atoms with E-state index in [1.165, 1.54) is 0 Å². The maximum absolute atomic E-state index is 12.7. The predicted molar refractivity (Wildman–Crippen MR) is 127 cm³/mol. The highest BCUT2D eigenvalue weighted by molar-refractivity contribution is 6.40. The van der Waals surface area contributed by atoms with Crippen molar-refractivity contribution in [1.82, 2.24) is 5.32 Å². The number of benzene rings is 3. The van der Waals surface area contributed by atoms with Crippen molar-refractivity contribution in [2.45, 2.75) is 33.2 Å². The minimum Gasteiger partial charge on any atom is -0.349 e. The maximum atomic E-state index is 12.7. The first kappa shape index (κ1) is 22.9.